The summed E-state index contributed by atoms with van der Waals surface area (Å²) < 4.78 is 63.4. The normalized spacial score (nSPS) is 15.1. The third kappa shape index (κ3) is 5.66. The van der Waals surface area contributed by atoms with Crippen molar-refractivity contribution in [3.8, 4) is 0 Å². The maximum atomic E-state index is 10.7. The lowest BCUT2D eigenvalue weighted by molar-refractivity contribution is -0.645. The monoisotopic (exact) mass is 604 g/mol. The molecular weight excluding hydrogens is 580 g/mol. The molecule has 0 bridgehead atoms. The lowest BCUT2D eigenvalue weighted by atomic mass is 9.81. The first-order chi connectivity index (χ1) is 15.2. The summed E-state index contributed by atoms with van der Waals surface area (Å²) in [6, 6.07) is 19.4. The molecule has 5 nitrogen and oxygen atoms in total. The molecule has 0 saturated carbocycles. The van der Waals surface area contributed by atoms with Gasteiger partial charge < -0.3 is 28.5 Å². The van der Waals surface area contributed by atoms with Crippen LogP contribution in [0.5, 0.6) is 0 Å². The van der Waals surface area contributed by atoms with Crippen LogP contribution in [0, 0.1) is 0 Å². The van der Waals surface area contributed by atoms with Crippen molar-refractivity contribution >= 4 is 38.5 Å². The highest BCUT2D eigenvalue weighted by Crippen LogP contribution is 2.39. The number of aromatic nitrogens is 1. The van der Waals surface area contributed by atoms with Crippen LogP contribution >= 0.6 is 0 Å². The minimum atomic E-state index is -6.09. The van der Waals surface area contributed by atoms with Gasteiger partial charge >= 0.3 is 5.51 Å². The second-order valence-corrected chi connectivity index (χ2v) is 9.63. The fraction of sp³-hybridized carbons (Fsp3) is 0.250. The van der Waals surface area contributed by atoms with E-state index in [1.165, 1.54) is 33.4 Å². The molecule has 0 unspecified atom stereocenters. The predicted octanol–water partition coefficient (Wildman–Crippen LogP) is 1.44. The molecule has 2 aromatic carbocycles. The molecule has 0 saturated heterocycles. The number of hydrogen-bond donors (Lipinski definition) is 0. The minimum absolute atomic E-state index is 0. The first-order valence-corrected chi connectivity index (χ1v) is 11.4. The highest BCUT2D eigenvalue weighted by atomic mass is 127. The highest BCUT2D eigenvalue weighted by molar-refractivity contribution is 7.86. The Bertz CT molecular complexity index is 1380. The minimum Gasteiger partial charge on any atom is -1.00 e. The zero-order valence-corrected chi connectivity index (χ0v) is 21.9. The van der Waals surface area contributed by atoms with Gasteiger partial charge in [0.2, 0.25) is 11.2 Å². The lowest BCUT2D eigenvalue weighted by Crippen LogP contribution is -3.00. The summed E-state index contributed by atoms with van der Waals surface area (Å²) in [4.78, 5) is 0. The largest absolute Gasteiger partial charge is 1.00 e. The Hall–Kier alpha value is -2.31. The van der Waals surface area contributed by atoms with E-state index in [-0.39, 0.29) is 29.4 Å². The molecular formula is C24H24F3IN2O3S. The van der Waals surface area contributed by atoms with Crippen LogP contribution in [0.3, 0.4) is 0 Å². The van der Waals surface area contributed by atoms with Crippen molar-refractivity contribution in [1.29, 1.82) is 0 Å². The molecule has 0 radical (unpaired) electrons. The van der Waals surface area contributed by atoms with E-state index in [1.54, 1.807) is 0 Å². The molecule has 2 heterocycles. The average Bonchev–Trinajstić information content (AvgIpc) is 2.91. The van der Waals surface area contributed by atoms with E-state index in [0.717, 1.165) is 0 Å². The summed E-state index contributed by atoms with van der Waals surface area (Å²) in [6.07, 6.45) is 6.69. The van der Waals surface area contributed by atoms with Gasteiger partial charge in [0, 0.05) is 34.7 Å². The number of aryl methyl sites for hydroxylation is 1. The Labute approximate surface area is 214 Å². The number of pyridine rings is 1. The topological polar surface area (TPSA) is 64.1 Å². The Morgan fingerprint density at radius 1 is 0.971 bits per heavy atom. The molecule has 34 heavy (non-hydrogen) atoms. The second-order valence-electron chi connectivity index (χ2n) is 8.26. The highest BCUT2D eigenvalue weighted by Gasteiger charge is 2.42. The van der Waals surface area contributed by atoms with E-state index < -0.39 is 15.6 Å². The SMILES string of the molecule is C[N+]1=C(/C=C/c2cc3ccccc3[n+](C)c2)C(C)(C)c2ccccc21.O=S(=O)([O-])C(F)(F)F.[I-]. The van der Waals surface area contributed by atoms with Crippen LogP contribution in [0.1, 0.15) is 25.0 Å². The van der Waals surface area contributed by atoms with Gasteiger partial charge in [0.1, 0.15) is 14.1 Å². The number of alkyl halides is 3. The summed E-state index contributed by atoms with van der Waals surface area (Å²) in [5.74, 6) is 0. The maximum Gasteiger partial charge on any atom is 0.485 e. The van der Waals surface area contributed by atoms with Crippen LogP contribution in [0.15, 0.2) is 66.9 Å². The molecule has 0 amide bonds. The number of fused-ring (bicyclic) bond motifs is 2. The molecule has 1 aromatic heterocycles. The third-order valence-electron chi connectivity index (χ3n) is 5.64. The van der Waals surface area contributed by atoms with E-state index in [4.69, 9.17) is 13.0 Å². The van der Waals surface area contributed by atoms with Gasteiger partial charge in [0.05, 0.1) is 5.41 Å². The molecule has 4 rings (SSSR count). The van der Waals surface area contributed by atoms with Crippen molar-refractivity contribution < 1.29 is 59.3 Å². The fourth-order valence-corrected chi connectivity index (χ4v) is 4.01. The molecule has 1 aliphatic heterocycles. The standard InChI is InChI=1S/C23H24N2.CHF3O3S.HI/c1-23(2)19-10-6-8-12-21(19)25(4)22(23)14-13-17-15-18-9-5-7-11-20(18)24(3)16-17;2-1(3,4)8(5,6)7;/h5-16H,1-4H3;(H,5,6,7);1H/q+2;;/p-2/b14-13+;;. The van der Waals surface area contributed by atoms with E-state index in [9.17, 15) is 13.2 Å². The Morgan fingerprint density at radius 2 is 1.53 bits per heavy atom. The Morgan fingerprint density at radius 3 is 2.12 bits per heavy atom. The first-order valence-electron chi connectivity index (χ1n) is 10.0. The number of nitrogens with zero attached hydrogens (tertiary/aromatic N) is 2. The number of rotatable bonds is 2. The summed E-state index contributed by atoms with van der Waals surface area (Å²) >= 11 is 0. The number of halogens is 4. The Balaban J connectivity index is 0.000000394. The molecule has 3 aromatic rings. The van der Waals surface area contributed by atoms with Crippen LogP contribution in [-0.2, 0) is 22.6 Å². The zero-order valence-electron chi connectivity index (χ0n) is 19.0. The number of hydrogen-bond acceptors (Lipinski definition) is 3. The van der Waals surface area contributed by atoms with E-state index in [1.807, 2.05) is 0 Å². The van der Waals surface area contributed by atoms with Gasteiger partial charge in [-0.3, -0.25) is 0 Å². The van der Waals surface area contributed by atoms with Crippen LogP contribution < -0.4 is 28.5 Å². The van der Waals surface area contributed by atoms with Crippen molar-refractivity contribution in [1.82, 2.24) is 0 Å². The second kappa shape index (κ2) is 10.1. The Kier molecular flexibility index (Phi) is 8.32. The van der Waals surface area contributed by atoms with Crippen molar-refractivity contribution in [2.75, 3.05) is 7.05 Å². The average molecular weight is 604 g/mol. The number of para-hydroxylation sites is 2. The van der Waals surface area contributed by atoms with Gasteiger partial charge in [0.15, 0.2) is 22.0 Å². The van der Waals surface area contributed by atoms with Gasteiger partial charge in [-0.15, -0.1) is 0 Å². The van der Waals surface area contributed by atoms with E-state index in [2.05, 4.69) is 110 Å². The summed E-state index contributed by atoms with van der Waals surface area (Å²) in [5.41, 5.74) is 0.849. The summed E-state index contributed by atoms with van der Waals surface area (Å²) in [6.45, 7) is 4.60. The molecule has 0 aliphatic carbocycles. The van der Waals surface area contributed by atoms with Crippen LogP contribution in [0.2, 0.25) is 0 Å². The molecule has 1 aliphatic rings. The first kappa shape index (κ1) is 27.9. The molecule has 0 N–H and O–H groups in total. The third-order valence-corrected chi connectivity index (χ3v) is 6.21. The van der Waals surface area contributed by atoms with Gasteiger partial charge in [-0.25, -0.2) is 13.0 Å². The van der Waals surface area contributed by atoms with Crippen LogP contribution in [-0.4, -0.2) is 35.8 Å². The molecule has 0 spiro atoms. The van der Waals surface area contributed by atoms with E-state index in [0.29, 0.717) is 0 Å². The van der Waals surface area contributed by atoms with Crippen LogP contribution in [0.4, 0.5) is 18.9 Å². The zero-order chi connectivity index (χ0) is 24.6. The van der Waals surface area contributed by atoms with Crippen molar-refractivity contribution in [2.45, 2.75) is 24.8 Å². The van der Waals surface area contributed by atoms with Crippen molar-refractivity contribution in [3.05, 3.63) is 78.0 Å². The van der Waals surface area contributed by atoms with Gasteiger partial charge in [0.25, 0.3) is 0 Å². The van der Waals surface area contributed by atoms with Crippen molar-refractivity contribution in [2.24, 2.45) is 7.05 Å². The molecule has 0 fully saturated rings. The van der Waals surface area contributed by atoms with Gasteiger partial charge in [-0.05, 0) is 32.1 Å². The maximum absolute atomic E-state index is 10.7. The fourth-order valence-electron chi connectivity index (χ4n) is 4.01. The smallest absolute Gasteiger partial charge is 0.485 e. The molecule has 0 atom stereocenters. The quantitative estimate of drug-likeness (QED) is 0.193. The number of benzene rings is 2. The van der Waals surface area contributed by atoms with Gasteiger partial charge in [-0.1, -0.05) is 30.3 Å². The van der Waals surface area contributed by atoms with E-state index >= 15 is 0 Å². The van der Waals surface area contributed by atoms with Crippen LogP contribution in [0.25, 0.3) is 17.0 Å². The number of allylic oxidation sites excluding steroid dienone is 1. The summed E-state index contributed by atoms with van der Waals surface area (Å²) in [7, 11) is -1.82. The van der Waals surface area contributed by atoms with Crippen molar-refractivity contribution in [3.63, 3.8) is 0 Å². The molecule has 10 heteroatoms. The predicted molar refractivity (Wildman–Crippen MR) is 120 cm³/mol. The summed E-state index contributed by atoms with van der Waals surface area (Å²) in [5, 5.41) is 1.26. The lowest BCUT2D eigenvalue weighted by Gasteiger charge is -2.15. The van der Waals surface area contributed by atoms with Gasteiger partial charge in [-0.2, -0.15) is 17.7 Å². The molecule has 182 valence electrons.